The zero-order chi connectivity index (χ0) is 15.2. The molecular formula is C15H21N5O. The Labute approximate surface area is 124 Å². The molecule has 2 aromatic rings. The number of methoxy groups -OCH3 is 1. The zero-order valence-corrected chi connectivity index (χ0v) is 12.6. The van der Waals surface area contributed by atoms with Crippen LogP contribution in [0, 0.1) is 6.92 Å². The number of benzene rings is 1. The molecule has 0 radical (unpaired) electrons. The van der Waals surface area contributed by atoms with Crippen molar-refractivity contribution in [1.82, 2.24) is 9.97 Å². The summed E-state index contributed by atoms with van der Waals surface area (Å²) < 4.78 is 5.08. The fraction of sp³-hybridized carbons (Fsp3) is 0.333. The molecule has 3 N–H and O–H groups in total. The van der Waals surface area contributed by atoms with Crippen LogP contribution in [0.5, 0.6) is 0 Å². The molecule has 0 unspecified atom stereocenters. The van der Waals surface area contributed by atoms with Gasteiger partial charge >= 0.3 is 0 Å². The molecule has 0 saturated heterocycles. The minimum absolute atomic E-state index is 0.348. The Morgan fingerprint density at radius 1 is 1.24 bits per heavy atom. The summed E-state index contributed by atoms with van der Waals surface area (Å²) in [6.45, 7) is 3.18. The predicted molar refractivity (Wildman–Crippen MR) is 83.8 cm³/mol. The van der Waals surface area contributed by atoms with E-state index >= 15 is 0 Å². The van der Waals surface area contributed by atoms with Crippen LogP contribution in [0.2, 0.25) is 0 Å². The van der Waals surface area contributed by atoms with Crippen LogP contribution in [0.4, 0.5) is 11.6 Å². The average molecular weight is 287 g/mol. The number of anilines is 2. The third kappa shape index (κ3) is 4.14. The van der Waals surface area contributed by atoms with Gasteiger partial charge in [0.15, 0.2) is 5.82 Å². The van der Waals surface area contributed by atoms with Crippen LogP contribution in [0.1, 0.15) is 17.0 Å². The number of aryl methyl sites for hydroxylation is 1. The van der Waals surface area contributed by atoms with Crippen LogP contribution in [0.25, 0.3) is 0 Å². The van der Waals surface area contributed by atoms with E-state index in [1.165, 1.54) is 11.1 Å². The van der Waals surface area contributed by atoms with Crippen LogP contribution in [-0.4, -0.2) is 24.1 Å². The standard InChI is InChI=1S/C15H21N5O/c1-11-4-6-12(7-5-11)9-20(2)15-8-13(19-16)17-14(18-15)10-21-3/h4-8H,9-10,16H2,1-3H3,(H,17,18,19). The van der Waals surface area contributed by atoms with Gasteiger partial charge in [-0.2, -0.15) is 0 Å². The first-order chi connectivity index (χ1) is 10.1. The molecule has 0 bridgehead atoms. The first kappa shape index (κ1) is 15.2. The van der Waals surface area contributed by atoms with E-state index in [1.54, 1.807) is 7.11 Å². The van der Waals surface area contributed by atoms with E-state index in [9.17, 15) is 0 Å². The SMILES string of the molecule is COCc1nc(NN)cc(N(C)Cc2ccc(C)cc2)n1. The molecule has 0 atom stereocenters. The molecule has 0 aliphatic heterocycles. The number of nitrogens with zero attached hydrogens (tertiary/aromatic N) is 3. The van der Waals surface area contributed by atoms with Crippen LogP contribution in [-0.2, 0) is 17.9 Å². The molecule has 21 heavy (non-hydrogen) atoms. The molecule has 6 nitrogen and oxygen atoms in total. The van der Waals surface area contributed by atoms with Gasteiger partial charge in [0.1, 0.15) is 18.2 Å². The molecule has 1 heterocycles. The average Bonchev–Trinajstić information content (AvgIpc) is 2.49. The van der Waals surface area contributed by atoms with Gasteiger partial charge in [0.25, 0.3) is 0 Å². The second-order valence-electron chi connectivity index (χ2n) is 4.95. The van der Waals surface area contributed by atoms with Gasteiger partial charge in [-0.1, -0.05) is 29.8 Å². The lowest BCUT2D eigenvalue weighted by Crippen LogP contribution is -2.20. The van der Waals surface area contributed by atoms with Crippen LogP contribution < -0.4 is 16.2 Å². The number of aromatic nitrogens is 2. The third-order valence-corrected chi connectivity index (χ3v) is 3.11. The lowest BCUT2D eigenvalue weighted by Gasteiger charge is -2.19. The number of nitrogen functional groups attached to an aromatic ring is 1. The number of nitrogens with two attached hydrogens (primary N) is 1. The zero-order valence-electron chi connectivity index (χ0n) is 12.6. The van der Waals surface area contributed by atoms with Gasteiger partial charge in [0, 0.05) is 26.8 Å². The Morgan fingerprint density at radius 2 is 1.95 bits per heavy atom. The van der Waals surface area contributed by atoms with Crippen LogP contribution >= 0.6 is 0 Å². The number of ether oxygens (including phenoxy) is 1. The van der Waals surface area contributed by atoms with Gasteiger partial charge in [0.05, 0.1) is 0 Å². The van der Waals surface area contributed by atoms with Gasteiger partial charge in [-0.3, -0.25) is 0 Å². The highest BCUT2D eigenvalue weighted by Gasteiger charge is 2.09. The van der Waals surface area contributed by atoms with Crippen molar-refractivity contribution in [3.05, 3.63) is 47.3 Å². The first-order valence-corrected chi connectivity index (χ1v) is 6.72. The van der Waals surface area contributed by atoms with Gasteiger partial charge in [-0.15, -0.1) is 0 Å². The van der Waals surface area contributed by atoms with Crippen LogP contribution in [0.3, 0.4) is 0 Å². The Hall–Kier alpha value is -2.18. The number of hydrazine groups is 1. The molecule has 112 valence electrons. The molecule has 0 fully saturated rings. The molecule has 0 aliphatic rings. The first-order valence-electron chi connectivity index (χ1n) is 6.72. The minimum Gasteiger partial charge on any atom is -0.377 e. The van der Waals surface area contributed by atoms with Crippen molar-refractivity contribution in [2.45, 2.75) is 20.1 Å². The lowest BCUT2D eigenvalue weighted by molar-refractivity contribution is 0.178. The molecule has 0 spiro atoms. The number of nitrogens with one attached hydrogen (secondary N) is 1. The summed E-state index contributed by atoms with van der Waals surface area (Å²) in [5, 5.41) is 0. The summed E-state index contributed by atoms with van der Waals surface area (Å²) in [6, 6.07) is 10.3. The predicted octanol–water partition coefficient (Wildman–Crippen LogP) is 1.85. The second-order valence-corrected chi connectivity index (χ2v) is 4.95. The molecule has 1 aromatic carbocycles. The summed E-state index contributed by atoms with van der Waals surface area (Å²) >= 11 is 0. The van der Waals surface area contributed by atoms with E-state index in [-0.39, 0.29) is 0 Å². The topological polar surface area (TPSA) is 76.3 Å². The van der Waals surface area contributed by atoms with Crippen molar-refractivity contribution >= 4 is 11.6 Å². The Bertz CT molecular complexity index is 585. The molecule has 0 saturated carbocycles. The summed E-state index contributed by atoms with van der Waals surface area (Å²) in [5.41, 5.74) is 5.03. The summed E-state index contributed by atoms with van der Waals surface area (Å²) in [6.07, 6.45) is 0. The molecule has 0 aliphatic carbocycles. The maximum atomic E-state index is 5.45. The van der Waals surface area contributed by atoms with E-state index in [0.717, 1.165) is 12.4 Å². The van der Waals surface area contributed by atoms with E-state index in [0.29, 0.717) is 18.2 Å². The van der Waals surface area contributed by atoms with Crippen molar-refractivity contribution in [2.75, 3.05) is 24.5 Å². The fourth-order valence-electron chi connectivity index (χ4n) is 1.99. The van der Waals surface area contributed by atoms with Crippen molar-refractivity contribution < 1.29 is 4.74 Å². The molecule has 1 aromatic heterocycles. The van der Waals surface area contributed by atoms with Crippen molar-refractivity contribution in [3.63, 3.8) is 0 Å². The maximum Gasteiger partial charge on any atom is 0.158 e. The highest BCUT2D eigenvalue weighted by atomic mass is 16.5. The van der Waals surface area contributed by atoms with Crippen LogP contribution in [0.15, 0.2) is 30.3 Å². The summed E-state index contributed by atoms with van der Waals surface area (Å²) in [5.74, 6) is 7.42. The van der Waals surface area contributed by atoms with Crippen molar-refractivity contribution in [1.29, 1.82) is 0 Å². The molecular weight excluding hydrogens is 266 g/mol. The van der Waals surface area contributed by atoms with Gasteiger partial charge in [-0.25, -0.2) is 15.8 Å². The van der Waals surface area contributed by atoms with E-state index < -0.39 is 0 Å². The van der Waals surface area contributed by atoms with Gasteiger partial charge < -0.3 is 15.1 Å². The normalized spacial score (nSPS) is 10.5. The summed E-state index contributed by atoms with van der Waals surface area (Å²) in [7, 11) is 3.60. The Balaban J connectivity index is 2.19. The van der Waals surface area contributed by atoms with Gasteiger partial charge in [-0.05, 0) is 12.5 Å². The highest BCUT2D eigenvalue weighted by Crippen LogP contribution is 2.17. The fourth-order valence-corrected chi connectivity index (χ4v) is 1.99. The van der Waals surface area contributed by atoms with E-state index in [4.69, 9.17) is 10.6 Å². The minimum atomic E-state index is 0.348. The van der Waals surface area contributed by atoms with Gasteiger partial charge in [0.2, 0.25) is 0 Å². The highest BCUT2D eigenvalue weighted by molar-refractivity contribution is 5.48. The second kappa shape index (κ2) is 7.01. The maximum absolute atomic E-state index is 5.45. The Morgan fingerprint density at radius 3 is 2.57 bits per heavy atom. The van der Waals surface area contributed by atoms with E-state index in [1.807, 2.05) is 18.0 Å². The lowest BCUT2D eigenvalue weighted by atomic mass is 10.1. The number of hydrogen-bond donors (Lipinski definition) is 2. The monoisotopic (exact) mass is 287 g/mol. The summed E-state index contributed by atoms with van der Waals surface area (Å²) in [4.78, 5) is 10.8. The molecule has 6 heteroatoms. The number of hydrogen-bond acceptors (Lipinski definition) is 6. The quantitative estimate of drug-likeness (QED) is 0.624. The van der Waals surface area contributed by atoms with E-state index in [2.05, 4.69) is 46.6 Å². The van der Waals surface area contributed by atoms with Crippen molar-refractivity contribution in [2.24, 2.45) is 5.84 Å². The smallest absolute Gasteiger partial charge is 0.158 e. The Kier molecular flexibility index (Phi) is 5.08. The third-order valence-electron chi connectivity index (χ3n) is 3.11. The molecule has 2 rings (SSSR count). The molecule has 0 amide bonds. The number of rotatable bonds is 6. The van der Waals surface area contributed by atoms with Crippen molar-refractivity contribution in [3.8, 4) is 0 Å². The largest absolute Gasteiger partial charge is 0.377 e.